The van der Waals surface area contributed by atoms with Crippen LogP contribution in [0.15, 0.2) is 32.3 Å². The van der Waals surface area contributed by atoms with Gasteiger partial charge in [-0.2, -0.15) is 0 Å². The molecule has 0 unspecified atom stereocenters. The van der Waals surface area contributed by atoms with Crippen LogP contribution in [-0.4, -0.2) is 19.4 Å². The van der Waals surface area contributed by atoms with Gasteiger partial charge in [0.2, 0.25) is 10.0 Å². The molecule has 22 heavy (non-hydrogen) atoms. The number of benzene rings is 1. The lowest BCUT2D eigenvalue weighted by Crippen LogP contribution is -2.35. The Bertz CT molecular complexity index is 798. The fraction of sp³-hybridized carbons (Fsp3) is 0.533. The Hall–Kier alpha value is -1.60. The van der Waals surface area contributed by atoms with E-state index in [-0.39, 0.29) is 16.5 Å². The maximum Gasteiger partial charge on any atom is 0.417 e. The lowest BCUT2D eigenvalue weighted by atomic mass is 9.97. The van der Waals surface area contributed by atoms with Crippen molar-refractivity contribution in [2.45, 2.75) is 55.9 Å². The Morgan fingerprint density at radius 3 is 2.50 bits per heavy atom. The van der Waals surface area contributed by atoms with Gasteiger partial charge >= 0.3 is 5.76 Å². The highest BCUT2D eigenvalue weighted by atomic mass is 32.2. The number of sulfonamides is 1. The smallest absolute Gasteiger partial charge is 0.408 e. The lowest BCUT2D eigenvalue weighted by molar-refractivity contribution is 0.426. The van der Waals surface area contributed by atoms with Crippen LogP contribution in [-0.2, 0) is 10.0 Å². The number of nitrogens with one attached hydrogen (secondary N) is 2. The zero-order valence-corrected chi connectivity index (χ0v) is 13.1. The van der Waals surface area contributed by atoms with Gasteiger partial charge in [0.1, 0.15) is 0 Å². The summed E-state index contributed by atoms with van der Waals surface area (Å²) in [6, 6.07) is 4.41. The second-order valence-corrected chi connectivity index (χ2v) is 7.55. The molecule has 1 fully saturated rings. The second-order valence-electron chi connectivity index (χ2n) is 5.84. The molecule has 0 aliphatic heterocycles. The normalized spacial score (nSPS) is 18.2. The van der Waals surface area contributed by atoms with Gasteiger partial charge in [0.25, 0.3) is 0 Å². The highest BCUT2D eigenvalue weighted by Crippen LogP contribution is 2.21. The predicted octanol–water partition coefficient (Wildman–Crippen LogP) is 2.51. The standard InChI is InChI=1S/C15H20N2O4S/c18-15-16-13-9-8-12(10-14(13)21-15)22(19,20)17-11-6-4-2-1-3-5-7-11/h8-11,17H,1-7H2,(H,16,18). The number of fused-ring (bicyclic) bond motifs is 1. The van der Waals surface area contributed by atoms with E-state index >= 15 is 0 Å². The molecule has 3 rings (SSSR count). The fourth-order valence-electron chi connectivity index (χ4n) is 2.95. The molecule has 0 radical (unpaired) electrons. The van der Waals surface area contributed by atoms with Crippen LogP contribution in [0, 0.1) is 0 Å². The summed E-state index contributed by atoms with van der Waals surface area (Å²) in [6.07, 6.45) is 7.43. The van der Waals surface area contributed by atoms with Crippen molar-refractivity contribution in [3.8, 4) is 0 Å². The van der Waals surface area contributed by atoms with E-state index in [1.807, 2.05) is 0 Å². The van der Waals surface area contributed by atoms with Crippen LogP contribution in [0.1, 0.15) is 44.9 Å². The van der Waals surface area contributed by atoms with Gasteiger partial charge in [-0.15, -0.1) is 0 Å². The summed E-state index contributed by atoms with van der Waals surface area (Å²) in [5.74, 6) is -0.586. The molecular weight excluding hydrogens is 304 g/mol. The van der Waals surface area contributed by atoms with Crippen LogP contribution in [0.4, 0.5) is 0 Å². The van der Waals surface area contributed by atoms with Gasteiger partial charge in [0, 0.05) is 12.1 Å². The summed E-state index contributed by atoms with van der Waals surface area (Å²) in [5.41, 5.74) is 0.750. The van der Waals surface area contributed by atoms with Crippen LogP contribution in [0.2, 0.25) is 0 Å². The summed E-state index contributed by atoms with van der Waals surface area (Å²) in [5, 5.41) is 0. The van der Waals surface area contributed by atoms with Crippen molar-refractivity contribution in [3.63, 3.8) is 0 Å². The molecule has 1 aliphatic carbocycles. The van der Waals surface area contributed by atoms with E-state index in [0.717, 1.165) is 25.7 Å². The minimum absolute atomic E-state index is 0.0146. The third-order valence-corrected chi connectivity index (χ3v) is 5.65. The fourth-order valence-corrected chi connectivity index (χ4v) is 4.27. The molecule has 120 valence electrons. The van der Waals surface area contributed by atoms with Gasteiger partial charge in [-0.3, -0.25) is 4.98 Å². The number of aromatic amines is 1. The molecule has 0 saturated heterocycles. The summed E-state index contributed by atoms with van der Waals surface area (Å²) < 4.78 is 32.7. The molecule has 2 aromatic rings. The summed E-state index contributed by atoms with van der Waals surface area (Å²) in [7, 11) is -3.60. The summed E-state index contributed by atoms with van der Waals surface area (Å²) in [6.45, 7) is 0. The highest BCUT2D eigenvalue weighted by molar-refractivity contribution is 7.89. The quantitative estimate of drug-likeness (QED) is 0.907. The number of H-pyrrole nitrogens is 1. The van der Waals surface area contributed by atoms with E-state index in [1.165, 1.54) is 31.4 Å². The molecule has 0 atom stereocenters. The number of rotatable bonds is 3. The van der Waals surface area contributed by atoms with Crippen molar-refractivity contribution < 1.29 is 12.8 Å². The third-order valence-electron chi connectivity index (χ3n) is 4.13. The Kier molecular flexibility index (Phi) is 4.35. The molecule has 2 N–H and O–H groups in total. The molecule has 0 spiro atoms. The maximum absolute atomic E-state index is 12.5. The van der Waals surface area contributed by atoms with Crippen molar-refractivity contribution in [1.29, 1.82) is 0 Å². The SMILES string of the molecule is O=c1[nH]c2ccc(S(=O)(=O)NC3CCCCCCC3)cc2o1. The van der Waals surface area contributed by atoms with E-state index in [4.69, 9.17) is 4.42 Å². The molecule has 1 aromatic heterocycles. The molecule has 1 aromatic carbocycles. The van der Waals surface area contributed by atoms with Crippen LogP contribution < -0.4 is 10.5 Å². The Balaban J connectivity index is 1.81. The lowest BCUT2D eigenvalue weighted by Gasteiger charge is -2.20. The first kappa shape index (κ1) is 15.3. The predicted molar refractivity (Wildman–Crippen MR) is 83.3 cm³/mol. The number of hydrogen-bond donors (Lipinski definition) is 2. The van der Waals surface area contributed by atoms with E-state index in [9.17, 15) is 13.2 Å². The zero-order valence-electron chi connectivity index (χ0n) is 12.3. The summed E-state index contributed by atoms with van der Waals surface area (Å²) in [4.78, 5) is 13.8. The van der Waals surface area contributed by atoms with E-state index in [1.54, 1.807) is 6.07 Å². The van der Waals surface area contributed by atoms with Gasteiger partial charge < -0.3 is 4.42 Å². The Morgan fingerprint density at radius 1 is 1.09 bits per heavy atom. The molecule has 6 nitrogen and oxygen atoms in total. The Labute approximate surface area is 129 Å². The minimum atomic E-state index is -3.60. The summed E-state index contributed by atoms with van der Waals surface area (Å²) >= 11 is 0. The zero-order chi connectivity index (χ0) is 15.6. The van der Waals surface area contributed by atoms with Crippen molar-refractivity contribution in [2.24, 2.45) is 0 Å². The molecule has 1 heterocycles. The van der Waals surface area contributed by atoms with Crippen molar-refractivity contribution >= 4 is 21.1 Å². The van der Waals surface area contributed by atoms with Crippen LogP contribution in [0.5, 0.6) is 0 Å². The molecular formula is C15H20N2O4S. The van der Waals surface area contributed by atoms with Crippen molar-refractivity contribution in [3.05, 3.63) is 28.7 Å². The molecule has 7 heteroatoms. The van der Waals surface area contributed by atoms with Gasteiger partial charge in [-0.25, -0.2) is 17.9 Å². The topological polar surface area (TPSA) is 92.2 Å². The molecule has 1 saturated carbocycles. The molecule has 0 amide bonds. The van der Waals surface area contributed by atoms with Gasteiger partial charge in [0.15, 0.2) is 5.58 Å². The molecule has 1 aliphatic rings. The van der Waals surface area contributed by atoms with Gasteiger partial charge in [0.05, 0.1) is 10.4 Å². The first-order chi connectivity index (χ1) is 10.5. The van der Waals surface area contributed by atoms with E-state index < -0.39 is 15.8 Å². The van der Waals surface area contributed by atoms with Crippen molar-refractivity contribution in [2.75, 3.05) is 0 Å². The monoisotopic (exact) mass is 324 g/mol. The van der Waals surface area contributed by atoms with E-state index in [2.05, 4.69) is 9.71 Å². The Morgan fingerprint density at radius 2 is 1.77 bits per heavy atom. The average molecular weight is 324 g/mol. The largest absolute Gasteiger partial charge is 0.417 e. The minimum Gasteiger partial charge on any atom is -0.408 e. The third kappa shape index (κ3) is 3.41. The van der Waals surface area contributed by atoms with E-state index in [0.29, 0.717) is 5.52 Å². The van der Waals surface area contributed by atoms with Crippen LogP contribution in [0.25, 0.3) is 11.1 Å². The average Bonchev–Trinajstić information content (AvgIpc) is 2.80. The maximum atomic E-state index is 12.5. The second kappa shape index (κ2) is 6.26. The number of hydrogen-bond acceptors (Lipinski definition) is 4. The van der Waals surface area contributed by atoms with Crippen molar-refractivity contribution in [1.82, 2.24) is 9.71 Å². The first-order valence-corrected chi connectivity index (χ1v) is 9.18. The highest BCUT2D eigenvalue weighted by Gasteiger charge is 2.21. The molecule has 0 bridgehead atoms. The number of aromatic nitrogens is 1. The number of oxazole rings is 1. The van der Waals surface area contributed by atoms with Crippen LogP contribution >= 0.6 is 0 Å². The van der Waals surface area contributed by atoms with Crippen LogP contribution in [0.3, 0.4) is 0 Å². The first-order valence-electron chi connectivity index (χ1n) is 7.70. The van der Waals surface area contributed by atoms with Gasteiger partial charge in [-0.1, -0.05) is 32.1 Å². The van der Waals surface area contributed by atoms with Gasteiger partial charge in [-0.05, 0) is 25.0 Å².